The van der Waals surface area contributed by atoms with Gasteiger partial charge in [0.15, 0.2) is 0 Å². The van der Waals surface area contributed by atoms with Crippen molar-refractivity contribution in [3.8, 4) is 5.40 Å². The molecule has 0 saturated heterocycles. The largest absolute Gasteiger partial charge is 0.185 e. The molecule has 1 rings (SSSR count). The Morgan fingerprint density at radius 3 is 2.80 bits per heavy atom. The minimum Gasteiger partial charge on any atom is -0.185 e. The van der Waals surface area contributed by atoms with E-state index in [9.17, 15) is 0 Å². The number of nitriles is 1. The molecule has 49 valence electrons. The summed E-state index contributed by atoms with van der Waals surface area (Å²) in [6, 6.07) is 10.6. The molecule has 1 nitrogen and oxygen atoms in total. The van der Waals surface area contributed by atoms with E-state index in [2.05, 4.69) is 6.07 Å². The first-order valence-electron chi connectivity index (χ1n) is 2.89. The number of rotatable bonds is 2. The Labute approximate surface area is 64.7 Å². The van der Waals surface area contributed by atoms with Crippen molar-refractivity contribution in [3.05, 3.63) is 35.9 Å². The van der Waals surface area contributed by atoms with E-state index >= 15 is 0 Å². The minimum atomic E-state index is 0.769. The van der Waals surface area contributed by atoms with Gasteiger partial charge in [0.25, 0.3) is 0 Å². The lowest BCUT2D eigenvalue weighted by atomic mass is 10.2. The molecule has 1 radical (unpaired) electrons. The van der Waals surface area contributed by atoms with Crippen LogP contribution in [0.25, 0.3) is 0 Å². The number of thioether (sulfide) groups is 1. The maximum atomic E-state index is 8.23. The number of hydrogen-bond acceptors (Lipinski definition) is 2. The molecule has 0 aliphatic carbocycles. The fourth-order valence-electron chi connectivity index (χ4n) is 0.633. The molecule has 0 heterocycles. The summed E-state index contributed by atoms with van der Waals surface area (Å²) in [5, 5.41) is 10.3. The summed E-state index contributed by atoms with van der Waals surface area (Å²) in [6.45, 7) is 0. The van der Waals surface area contributed by atoms with E-state index in [4.69, 9.17) is 5.26 Å². The predicted molar refractivity (Wildman–Crippen MR) is 42.2 cm³/mol. The molecule has 2 heteroatoms. The van der Waals surface area contributed by atoms with Gasteiger partial charge < -0.3 is 0 Å². The smallest absolute Gasteiger partial charge is 0.133 e. The highest BCUT2D eigenvalue weighted by Gasteiger charge is 1.88. The van der Waals surface area contributed by atoms with Crippen molar-refractivity contribution in [3.63, 3.8) is 0 Å². The van der Waals surface area contributed by atoms with Gasteiger partial charge in [-0.1, -0.05) is 24.3 Å². The molecule has 0 fully saturated rings. The zero-order valence-electron chi connectivity index (χ0n) is 5.37. The summed E-state index contributed by atoms with van der Waals surface area (Å²) in [7, 11) is 0. The van der Waals surface area contributed by atoms with Gasteiger partial charge in [-0.05, 0) is 23.4 Å². The summed E-state index contributed by atoms with van der Waals surface area (Å²) < 4.78 is 0. The molecule has 1 aromatic rings. The van der Waals surface area contributed by atoms with Gasteiger partial charge in [-0.3, -0.25) is 0 Å². The van der Waals surface area contributed by atoms with Crippen LogP contribution in [0.1, 0.15) is 5.56 Å². The van der Waals surface area contributed by atoms with E-state index in [1.165, 1.54) is 17.3 Å². The zero-order chi connectivity index (χ0) is 7.23. The van der Waals surface area contributed by atoms with Crippen molar-refractivity contribution in [1.29, 1.82) is 5.26 Å². The van der Waals surface area contributed by atoms with Gasteiger partial charge in [0, 0.05) is 5.75 Å². The monoisotopic (exact) mass is 148 g/mol. The van der Waals surface area contributed by atoms with Crippen molar-refractivity contribution in [2.45, 2.75) is 5.75 Å². The van der Waals surface area contributed by atoms with E-state index in [-0.39, 0.29) is 0 Å². The Bertz CT molecular complexity index is 225. The van der Waals surface area contributed by atoms with E-state index in [0.29, 0.717) is 0 Å². The van der Waals surface area contributed by atoms with Crippen molar-refractivity contribution >= 4 is 11.8 Å². The lowest BCUT2D eigenvalue weighted by Crippen LogP contribution is -1.75. The molecule has 10 heavy (non-hydrogen) atoms. The molecular weight excluding hydrogens is 142 g/mol. The third kappa shape index (κ3) is 2.12. The topological polar surface area (TPSA) is 23.8 Å². The SMILES string of the molecule is N#CSCc1cc[c]cc1. The molecule has 0 spiro atoms. The van der Waals surface area contributed by atoms with Gasteiger partial charge >= 0.3 is 0 Å². The van der Waals surface area contributed by atoms with Crippen LogP contribution in [0.5, 0.6) is 0 Å². The van der Waals surface area contributed by atoms with Crippen LogP contribution in [0.3, 0.4) is 0 Å². The fraction of sp³-hybridized carbons (Fsp3) is 0.125. The Hall–Kier alpha value is -0.940. The third-order valence-corrected chi connectivity index (χ3v) is 1.70. The second-order valence-electron chi connectivity index (χ2n) is 1.79. The van der Waals surface area contributed by atoms with Crippen LogP contribution < -0.4 is 0 Å². The first-order valence-corrected chi connectivity index (χ1v) is 3.88. The lowest BCUT2D eigenvalue weighted by molar-refractivity contribution is 1.42. The summed E-state index contributed by atoms with van der Waals surface area (Å²) in [6.07, 6.45) is 0. The van der Waals surface area contributed by atoms with E-state index < -0.39 is 0 Å². The second-order valence-corrected chi connectivity index (χ2v) is 2.55. The Balaban J connectivity index is 2.52. The van der Waals surface area contributed by atoms with Crippen molar-refractivity contribution in [2.75, 3.05) is 0 Å². The molecule has 0 amide bonds. The van der Waals surface area contributed by atoms with Crippen LogP contribution in [0.2, 0.25) is 0 Å². The Kier molecular flexibility index (Phi) is 2.85. The van der Waals surface area contributed by atoms with Gasteiger partial charge in [-0.2, -0.15) is 5.26 Å². The third-order valence-electron chi connectivity index (χ3n) is 1.09. The van der Waals surface area contributed by atoms with Crippen LogP contribution in [0.15, 0.2) is 24.3 Å². The van der Waals surface area contributed by atoms with Gasteiger partial charge in [-0.25, -0.2) is 0 Å². The highest BCUT2D eigenvalue weighted by molar-refractivity contribution is 8.02. The number of hydrogen-bond donors (Lipinski definition) is 0. The van der Waals surface area contributed by atoms with Crippen molar-refractivity contribution in [2.24, 2.45) is 0 Å². The molecule has 0 unspecified atom stereocenters. The molecule has 0 atom stereocenters. The number of nitrogens with zero attached hydrogens (tertiary/aromatic N) is 1. The van der Waals surface area contributed by atoms with E-state index in [0.717, 1.165) is 5.75 Å². The van der Waals surface area contributed by atoms with Gasteiger partial charge in [0.05, 0.1) is 0 Å². The summed E-state index contributed by atoms with van der Waals surface area (Å²) in [5.41, 5.74) is 1.17. The molecule has 0 aromatic heterocycles. The normalized spacial score (nSPS) is 8.70. The average Bonchev–Trinajstić information content (AvgIpc) is 2.03. The average molecular weight is 148 g/mol. The maximum absolute atomic E-state index is 8.23. The summed E-state index contributed by atoms with van der Waals surface area (Å²) >= 11 is 1.25. The highest BCUT2D eigenvalue weighted by Crippen LogP contribution is 2.08. The summed E-state index contributed by atoms with van der Waals surface area (Å²) in [4.78, 5) is 0. The van der Waals surface area contributed by atoms with Crippen LogP contribution in [-0.4, -0.2) is 0 Å². The first-order chi connectivity index (χ1) is 4.93. The van der Waals surface area contributed by atoms with E-state index in [1.807, 2.05) is 29.7 Å². The lowest BCUT2D eigenvalue weighted by Gasteiger charge is -1.91. The molecule has 0 aliphatic heterocycles. The zero-order valence-corrected chi connectivity index (χ0v) is 6.19. The van der Waals surface area contributed by atoms with E-state index in [1.54, 1.807) is 0 Å². The van der Waals surface area contributed by atoms with Crippen LogP contribution in [0, 0.1) is 16.7 Å². The highest BCUT2D eigenvalue weighted by atomic mass is 32.2. The fourth-order valence-corrected chi connectivity index (χ4v) is 1.06. The van der Waals surface area contributed by atoms with Crippen LogP contribution in [0.4, 0.5) is 0 Å². The Morgan fingerprint density at radius 1 is 1.50 bits per heavy atom. The van der Waals surface area contributed by atoms with Gasteiger partial charge in [-0.15, -0.1) is 0 Å². The molecule has 0 N–H and O–H groups in total. The summed E-state index contributed by atoms with van der Waals surface area (Å²) in [5.74, 6) is 0.769. The quantitative estimate of drug-likeness (QED) is 0.600. The maximum Gasteiger partial charge on any atom is 0.133 e. The molecule has 0 bridgehead atoms. The molecule has 0 saturated carbocycles. The second kappa shape index (κ2) is 3.97. The number of benzene rings is 1. The Morgan fingerprint density at radius 2 is 2.20 bits per heavy atom. The van der Waals surface area contributed by atoms with Crippen molar-refractivity contribution < 1.29 is 0 Å². The minimum absolute atomic E-state index is 0.769. The predicted octanol–water partition coefficient (Wildman–Crippen LogP) is 2.20. The van der Waals surface area contributed by atoms with Crippen LogP contribution >= 0.6 is 11.8 Å². The van der Waals surface area contributed by atoms with Gasteiger partial charge in [0.2, 0.25) is 0 Å². The van der Waals surface area contributed by atoms with Crippen LogP contribution in [-0.2, 0) is 5.75 Å². The molecule has 0 aliphatic rings. The first kappa shape index (κ1) is 7.17. The molecule has 1 aromatic carbocycles. The van der Waals surface area contributed by atoms with Gasteiger partial charge in [0.1, 0.15) is 5.40 Å². The van der Waals surface area contributed by atoms with Crippen molar-refractivity contribution in [1.82, 2.24) is 0 Å². The standard InChI is InChI=1S/C8H6NS/c9-7-10-6-8-4-2-1-3-5-8/h2-5H,6H2. The molecular formula is C8H6NS. The number of thiocyanates is 1.